The minimum Gasteiger partial charge on any atom is -0.411 e. The van der Waals surface area contributed by atoms with Crippen molar-refractivity contribution in [2.24, 2.45) is 5.16 Å². The fourth-order valence-corrected chi connectivity index (χ4v) is 1.90. The number of oxime groups is 1. The van der Waals surface area contributed by atoms with Gasteiger partial charge in [0.25, 0.3) is 0 Å². The Hall–Kier alpha value is -0.910. The molecule has 4 heteroatoms. The van der Waals surface area contributed by atoms with E-state index in [4.69, 9.17) is 5.21 Å². The van der Waals surface area contributed by atoms with Gasteiger partial charge in [0.15, 0.2) is 0 Å². The van der Waals surface area contributed by atoms with Crippen LogP contribution in [0.2, 0.25) is 0 Å². The number of hydrogen-bond donors (Lipinski definition) is 1. The summed E-state index contributed by atoms with van der Waals surface area (Å²) < 4.78 is 1.02. The van der Waals surface area contributed by atoms with Crippen LogP contribution in [0.5, 0.6) is 0 Å². The summed E-state index contributed by atoms with van der Waals surface area (Å²) in [6.45, 7) is 0. The van der Waals surface area contributed by atoms with Crippen LogP contribution in [0.3, 0.4) is 0 Å². The van der Waals surface area contributed by atoms with Crippen LogP contribution in [0, 0.1) is 3.57 Å². The van der Waals surface area contributed by atoms with E-state index in [0.717, 1.165) is 9.13 Å². The molecule has 0 saturated carbocycles. The van der Waals surface area contributed by atoms with Crippen molar-refractivity contribution in [3.05, 3.63) is 32.9 Å². The second-order valence-electron chi connectivity index (χ2n) is 2.85. The highest BCUT2D eigenvalue weighted by atomic mass is 127. The molecule has 0 bridgehead atoms. The summed E-state index contributed by atoms with van der Waals surface area (Å²) in [5.41, 5.74) is 1.84. The summed E-state index contributed by atoms with van der Waals surface area (Å²) in [5, 5.41) is 11.5. The van der Waals surface area contributed by atoms with Crippen LogP contribution in [0.15, 0.2) is 23.4 Å². The van der Waals surface area contributed by atoms with Crippen molar-refractivity contribution in [2.75, 3.05) is 0 Å². The maximum Gasteiger partial charge on any atom is 0.211 e. The van der Waals surface area contributed by atoms with Crippen LogP contribution in [0.1, 0.15) is 15.9 Å². The first-order valence-corrected chi connectivity index (χ1v) is 4.84. The maximum absolute atomic E-state index is 11.5. The lowest BCUT2D eigenvalue weighted by Gasteiger charge is -1.95. The number of hydrogen-bond acceptors (Lipinski definition) is 3. The topological polar surface area (TPSA) is 49.7 Å². The molecular weight excluding hydrogens is 281 g/mol. The molecule has 3 nitrogen and oxygen atoms in total. The Kier molecular flexibility index (Phi) is 2.07. The number of benzene rings is 1. The monoisotopic (exact) mass is 287 g/mol. The van der Waals surface area contributed by atoms with Crippen molar-refractivity contribution < 1.29 is 10.0 Å². The molecule has 0 heterocycles. The lowest BCUT2D eigenvalue weighted by Crippen LogP contribution is -2.06. The highest BCUT2D eigenvalue weighted by Gasteiger charge is 2.26. The van der Waals surface area contributed by atoms with Crippen molar-refractivity contribution in [1.82, 2.24) is 0 Å². The van der Waals surface area contributed by atoms with Gasteiger partial charge in [-0.1, -0.05) is 11.2 Å². The number of nitrogens with zero attached hydrogens (tertiary/aromatic N) is 1. The predicted molar refractivity (Wildman–Crippen MR) is 56.4 cm³/mol. The van der Waals surface area contributed by atoms with Crippen molar-refractivity contribution in [2.45, 2.75) is 6.42 Å². The number of halogens is 1. The van der Waals surface area contributed by atoms with Gasteiger partial charge < -0.3 is 5.21 Å². The summed E-state index contributed by atoms with van der Waals surface area (Å²) in [5.74, 6) is -0.156. The van der Waals surface area contributed by atoms with Crippen LogP contribution in [0.25, 0.3) is 0 Å². The van der Waals surface area contributed by atoms with E-state index in [-0.39, 0.29) is 11.5 Å². The lowest BCUT2D eigenvalue weighted by atomic mass is 10.1. The summed E-state index contributed by atoms with van der Waals surface area (Å²) in [6, 6.07) is 5.65. The van der Waals surface area contributed by atoms with Gasteiger partial charge in [-0.3, -0.25) is 4.79 Å². The minimum atomic E-state index is -0.156. The fraction of sp³-hybridized carbons (Fsp3) is 0.111. The van der Waals surface area contributed by atoms with Gasteiger partial charge in [0.1, 0.15) is 5.71 Å². The third kappa shape index (κ3) is 1.35. The first kappa shape index (κ1) is 8.68. The Morgan fingerprint density at radius 3 is 2.92 bits per heavy atom. The Morgan fingerprint density at radius 1 is 1.46 bits per heavy atom. The normalized spacial score (nSPS) is 17.9. The lowest BCUT2D eigenvalue weighted by molar-refractivity contribution is 0.106. The van der Waals surface area contributed by atoms with E-state index in [1.807, 2.05) is 18.2 Å². The molecule has 0 spiro atoms. The predicted octanol–water partition coefficient (Wildman–Crippen LogP) is 1.86. The molecule has 2 rings (SSSR count). The molecule has 1 aromatic rings. The zero-order valence-electron chi connectivity index (χ0n) is 6.62. The molecule has 0 aliphatic heterocycles. The molecule has 1 aliphatic rings. The number of carbonyl (C=O) groups excluding carboxylic acids is 1. The number of rotatable bonds is 0. The van der Waals surface area contributed by atoms with Gasteiger partial charge in [-0.25, -0.2) is 0 Å². The summed E-state index contributed by atoms with van der Waals surface area (Å²) in [6.07, 6.45) is 0.446. The first-order chi connectivity index (χ1) is 6.22. The number of fused-ring (bicyclic) bond motifs is 1. The first-order valence-electron chi connectivity index (χ1n) is 3.76. The SMILES string of the molecule is O=C1/C(=N/O)Cc2ccc(I)cc21. The molecule has 0 saturated heterocycles. The second kappa shape index (κ2) is 3.10. The Bertz CT molecular complexity index is 412. The summed E-state index contributed by atoms with van der Waals surface area (Å²) in [7, 11) is 0. The number of ketones is 1. The highest BCUT2D eigenvalue weighted by molar-refractivity contribution is 14.1. The smallest absolute Gasteiger partial charge is 0.211 e. The molecule has 1 N–H and O–H groups in total. The van der Waals surface area contributed by atoms with E-state index in [1.54, 1.807) is 0 Å². The molecule has 0 radical (unpaired) electrons. The van der Waals surface area contributed by atoms with Gasteiger partial charge in [0, 0.05) is 15.6 Å². The third-order valence-corrected chi connectivity index (χ3v) is 2.73. The summed E-state index contributed by atoms with van der Waals surface area (Å²) in [4.78, 5) is 11.5. The van der Waals surface area contributed by atoms with E-state index < -0.39 is 0 Å². The van der Waals surface area contributed by atoms with Crippen LogP contribution < -0.4 is 0 Å². The average molecular weight is 287 g/mol. The van der Waals surface area contributed by atoms with Crippen LogP contribution in [0.4, 0.5) is 0 Å². The van der Waals surface area contributed by atoms with Gasteiger partial charge in [0.2, 0.25) is 5.78 Å². The largest absolute Gasteiger partial charge is 0.411 e. The van der Waals surface area contributed by atoms with Gasteiger partial charge in [-0.05, 0) is 40.3 Å². The molecule has 0 atom stereocenters. The third-order valence-electron chi connectivity index (χ3n) is 2.06. The van der Waals surface area contributed by atoms with Crippen molar-refractivity contribution in [3.8, 4) is 0 Å². The van der Waals surface area contributed by atoms with E-state index in [9.17, 15) is 4.79 Å². The Labute approximate surface area is 88.6 Å². The Morgan fingerprint density at radius 2 is 2.23 bits per heavy atom. The van der Waals surface area contributed by atoms with Crippen molar-refractivity contribution >= 4 is 34.1 Å². The van der Waals surface area contributed by atoms with E-state index in [1.165, 1.54) is 0 Å². The standard InChI is InChI=1S/C9H6INO2/c10-6-2-1-5-3-8(11-13)9(12)7(5)4-6/h1-2,4,13H,3H2/b11-8+. The zero-order chi connectivity index (χ0) is 9.42. The second-order valence-corrected chi connectivity index (χ2v) is 4.10. The number of Topliss-reactive ketones (excluding diaryl/α,β-unsaturated/α-hetero) is 1. The van der Waals surface area contributed by atoms with Gasteiger partial charge in [0.05, 0.1) is 0 Å². The van der Waals surface area contributed by atoms with E-state index in [2.05, 4.69) is 27.7 Å². The average Bonchev–Trinajstić information content (AvgIpc) is 2.44. The maximum atomic E-state index is 11.5. The van der Waals surface area contributed by atoms with Gasteiger partial charge in [-0.2, -0.15) is 0 Å². The molecule has 13 heavy (non-hydrogen) atoms. The van der Waals surface area contributed by atoms with E-state index >= 15 is 0 Å². The fourth-order valence-electron chi connectivity index (χ4n) is 1.41. The molecule has 0 unspecified atom stereocenters. The quantitative estimate of drug-likeness (QED) is 0.450. The molecule has 1 aromatic carbocycles. The minimum absolute atomic E-state index is 0.156. The van der Waals surface area contributed by atoms with Crippen molar-refractivity contribution in [1.29, 1.82) is 0 Å². The molecule has 1 aliphatic carbocycles. The molecule has 0 fully saturated rings. The number of carbonyl (C=O) groups is 1. The van der Waals surface area contributed by atoms with Crippen LogP contribution in [-0.4, -0.2) is 16.7 Å². The summed E-state index contributed by atoms with van der Waals surface area (Å²) >= 11 is 2.15. The molecule has 66 valence electrons. The Balaban J connectivity index is 2.57. The molecule has 0 aromatic heterocycles. The van der Waals surface area contributed by atoms with Crippen LogP contribution >= 0.6 is 22.6 Å². The molecule has 0 amide bonds. The zero-order valence-corrected chi connectivity index (χ0v) is 8.78. The van der Waals surface area contributed by atoms with Crippen molar-refractivity contribution in [3.63, 3.8) is 0 Å². The molecular formula is C9H6INO2. The highest BCUT2D eigenvalue weighted by Crippen LogP contribution is 2.22. The van der Waals surface area contributed by atoms with Gasteiger partial charge >= 0.3 is 0 Å². The van der Waals surface area contributed by atoms with Gasteiger partial charge in [-0.15, -0.1) is 0 Å². The van der Waals surface area contributed by atoms with E-state index in [0.29, 0.717) is 12.0 Å². The van der Waals surface area contributed by atoms with Crippen LogP contribution in [-0.2, 0) is 6.42 Å².